The van der Waals surface area contributed by atoms with Crippen LogP contribution in [0.25, 0.3) is 0 Å². The first-order valence-electron chi connectivity index (χ1n) is 5.39. The van der Waals surface area contributed by atoms with Crippen molar-refractivity contribution in [1.29, 1.82) is 0 Å². The van der Waals surface area contributed by atoms with Gasteiger partial charge in [-0.2, -0.15) is 36.4 Å². The monoisotopic (exact) mass is 293 g/mol. The molecule has 1 rings (SSSR count). The molecule has 0 aliphatic rings. The van der Waals surface area contributed by atoms with Gasteiger partial charge >= 0.3 is 21.7 Å². The third-order valence-corrected chi connectivity index (χ3v) is 0.607. The second kappa shape index (κ2) is 54.2. The molecule has 106 valence electrons. The van der Waals surface area contributed by atoms with Crippen molar-refractivity contribution in [3.8, 4) is 0 Å². The van der Waals surface area contributed by atoms with Crippen molar-refractivity contribution in [2.24, 2.45) is 5.73 Å². The van der Waals surface area contributed by atoms with Crippen LogP contribution in [0.3, 0.4) is 0 Å². The molecule has 0 spiro atoms. The average molecular weight is 293 g/mol. The van der Waals surface area contributed by atoms with Gasteiger partial charge in [-0.25, -0.2) is 0 Å². The van der Waals surface area contributed by atoms with Crippen molar-refractivity contribution < 1.29 is 37.0 Å². The van der Waals surface area contributed by atoms with Gasteiger partial charge in [0.1, 0.15) is 0 Å². The van der Waals surface area contributed by atoms with Crippen LogP contribution in [0, 0.1) is 13.1 Å². The molecule has 0 unspecified atom stereocenters. The van der Waals surface area contributed by atoms with Crippen molar-refractivity contribution in [1.82, 2.24) is 0 Å². The Bertz CT molecular complexity index is 123. The zero-order chi connectivity index (χ0) is 14.4. The van der Waals surface area contributed by atoms with E-state index in [-0.39, 0.29) is 41.5 Å². The summed E-state index contributed by atoms with van der Waals surface area (Å²) in [6.07, 6.45) is 0. The Morgan fingerprint density at radius 3 is 1.11 bits per heavy atom. The second-order valence-corrected chi connectivity index (χ2v) is 2.03. The molecule has 0 bridgehead atoms. The molecule has 5 N–H and O–H groups in total. The number of nitrogens with two attached hydrogens (primary N) is 1. The third kappa shape index (κ3) is 103. The Kier molecular flexibility index (Phi) is 92.3. The summed E-state index contributed by atoms with van der Waals surface area (Å²) >= 11 is 0. The minimum absolute atomic E-state index is 0. The largest absolute Gasteiger partial charge is 2.00 e. The van der Waals surface area contributed by atoms with Gasteiger partial charge in [0, 0.05) is 19.8 Å². The van der Waals surface area contributed by atoms with Gasteiger partial charge in [0.2, 0.25) is 0 Å². The molecule has 0 aliphatic heterocycles. The van der Waals surface area contributed by atoms with E-state index in [1.54, 1.807) is 20.8 Å². The topological polar surface area (TPSA) is 86.7 Å². The Hall–Kier alpha value is -0.226. The molecular weight excluding hydrogens is 266 g/mol. The van der Waals surface area contributed by atoms with Crippen LogP contribution in [0.15, 0.2) is 30.3 Å². The molecule has 0 radical (unpaired) electrons. The molecule has 5 heteroatoms. The van der Waals surface area contributed by atoms with Crippen LogP contribution in [0.5, 0.6) is 0 Å². The minimum atomic E-state index is 0. The fourth-order valence-electron chi connectivity index (χ4n) is 0.342. The predicted molar refractivity (Wildman–Crippen MR) is 73.1 cm³/mol. The molecule has 0 saturated heterocycles. The van der Waals surface area contributed by atoms with Gasteiger partial charge in [-0.05, 0) is 20.8 Å². The summed E-state index contributed by atoms with van der Waals surface area (Å²) < 4.78 is 0. The van der Waals surface area contributed by atoms with E-state index in [4.69, 9.17) is 15.3 Å². The van der Waals surface area contributed by atoms with Crippen molar-refractivity contribution in [2.75, 3.05) is 19.8 Å². The molecule has 0 heterocycles. The summed E-state index contributed by atoms with van der Waals surface area (Å²) in [4.78, 5) is 0. The summed E-state index contributed by atoms with van der Waals surface area (Å²) in [6, 6.07) is 12.5. The van der Waals surface area contributed by atoms with Crippen molar-refractivity contribution in [3.63, 3.8) is 0 Å². The number of benzene rings is 1. The van der Waals surface area contributed by atoms with E-state index in [9.17, 15) is 0 Å². The maximum Gasteiger partial charge on any atom is 2.00 e. The van der Waals surface area contributed by atoms with E-state index in [0.717, 1.165) is 0 Å². The minimum Gasteiger partial charge on any atom is -0.486 e. The standard InChI is InChI=1S/C6H5.3C2H6O.CH4N.Ti/c1-2-4-6-5-3-1;3*1-2-3;1-2;/h1-5H;3*3H,2H2,1H3;1-2H2;/q-1;;;;-1;+2. The quantitative estimate of drug-likeness (QED) is 0.428. The molecule has 0 aromatic heterocycles. The first-order valence-corrected chi connectivity index (χ1v) is 5.39. The molecule has 0 aliphatic carbocycles. The Morgan fingerprint density at radius 2 is 1.06 bits per heavy atom. The van der Waals surface area contributed by atoms with E-state index >= 15 is 0 Å². The smallest absolute Gasteiger partial charge is 0.486 e. The van der Waals surface area contributed by atoms with Gasteiger partial charge in [-0.1, -0.05) is 0 Å². The van der Waals surface area contributed by atoms with E-state index in [1.165, 1.54) is 0 Å². The van der Waals surface area contributed by atoms with Gasteiger partial charge < -0.3 is 21.1 Å². The Balaban J connectivity index is -0.0000000417. The van der Waals surface area contributed by atoms with Crippen LogP contribution in [0.1, 0.15) is 20.8 Å². The molecule has 0 fully saturated rings. The summed E-state index contributed by atoms with van der Waals surface area (Å²) in [5.41, 5.74) is 4.25. The van der Waals surface area contributed by atoms with E-state index in [2.05, 4.69) is 18.8 Å². The molecule has 1 aromatic carbocycles. The molecule has 0 saturated carbocycles. The molecule has 18 heavy (non-hydrogen) atoms. The normalized spacial score (nSPS) is 6.00. The Labute approximate surface area is 127 Å². The summed E-state index contributed by atoms with van der Waals surface area (Å²) in [5, 5.41) is 22.7. The average Bonchev–Trinajstić information content (AvgIpc) is 2.37. The van der Waals surface area contributed by atoms with Gasteiger partial charge in [0.05, 0.1) is 0 Å². The number of aliphatic hydroxyl groups excluding tert-OH is 3. The van der Waals surface area contributed by atoms with Crippen LogP contribution in [0.4, 0.5) is 0 Å². The number of hydrogen-bond acceptors (Lipinski definition) is 4. The zero-order valence-corrected chi connectivity index (χ0v) is 13.2. The van der Waals surface area contributed by atoms with Gasteiger partial charge in [0.15, 0.2) is 0 Å². The fourth-order valence-corrected chi connectivity index (χ4v) is 0.342. The number of rotatable bonds is 0. The second-order valence-electron chi connectivity index (χ2n) is 2.03. The van der Waals surface area contributed by atoms with Gasteiger partial charge in [-0.15, -0.1) is 0 Å². The van der Waals surface area contributed by atoms with Crippen molar-refractivity contribution in [3.05, 3.63) is 43.4 Å². The molecular formula is C13H27NO3Ti. The van der Waals surface area contributed by atoms with E-state index in [1.807, 2.05) is 30.3 Å². The molecule has 0 atom stereocenters. The van der Waals surface area contributed by atoms with Crippen LogP contribution in [-0.2, 0) is 21.7 Å². The van der Waals surface area contributed by atoms with Crippen LogP contribution < -0.4 is 5.73 Å². The summed E-state index contributed by atoms with van der Waals surface area (Å²) in [6.45, 7) is 5.79. The summed E-state index contributed by atoms with van der Waals surface area (Å²) in [7, 11) is 2.75. The van der Waals surface area contributed by atoms with Crippen molar-refractivity contribution >= 4 is 0 Å². The number of aliphatic hydroxyl groups is 3. The predicted octanol–water partition coefficient (Wildman–Crippen LogP) is 1.22. The SMILES string of the molecule is CCO.CCO.CCO.[CH2-]N.[Ti+2].[c-]1ccccc1. The first-order chi connectivity index (χ1) is 8.24. The van der Waals surface area contributed by atoms with E-state index in [0.29, 0.717) is 0 Å². The zero-order valence-electron chi connectivity index (χ0n) is 11.6. The summed E-state index contributed by atoms with van der Waals surface area (Å²) in [5.74, 6) is 0. The molecule has 1 aromatic rings. The maximum atomic E-state index is 7.57. The fraction of sp³-hybridized carbons (Fsp3) is 0.462. The van der Waals surface area contributed by atoms with Crippen LogP contribution >= 0.6 is 0 Å². The van der Waals surface area contributed by atoms with Gasteiger partial charge in [-0.3, -0.25) is 7.05 Å². The maximum absolute atomic E-state index is 7.57. The Morgan fingerprint density at radius 1 is 0.833 bits per heavy atom. The molecule has 0 amide bonds. The third-order valence-electron chi connectivity index (χ3n) is 0.607. The van der Waals surface area contributed by atoms with Crippen LogP contribution in [-0.4, -0.2) is 35.1 Å². The van der Waals surface area contributed by atoms with Gasteiger partial charge in [0.25, 0.3) is 0 Å². The van der Waals surface area contributed by atoms with Crippen molar-refractivity contribution in [2.45, 2.75) is 20.8 Å². The molecule has 4 nitrogen and oxygen atoms in total. The number of hydrogen-bond donors (Lipinski definition) is 4. The van der Waals surface area contributed by atoms with E-state index < -0.39 is 0 Å². The first kappa shape index (κ1) is 30.6. The van der Waals surface area contributed by atoms with Crippen LogP contribution in [0.2, 0.25) is 0 Å².